The number of anilines is 1. The first-order chi connectivity index (χ1) is 14.9. The Morgan fingerprint density at radius 2 is 1.74 bits per heavy atom. The minimum absolute atomic E-state index is 0.159. The number of hydrogen-bond acceptors (Lipinski definition) is 4. The van der Waals surface area contributed by atoms with E-state index in [1.165, 1.54) is 0 Å². The maximum Gasteiger partial charge on any atom is 0.255 e. The molecule has 0 unspecified atom stereocenters. The number of nitrogens with zero attached hydrogens (tertiary/aromatic N) is 4. The van der Waals surface area contributed by atoms with E-state index in [4.69, 9.17) is 16.6 Å². The van der Waals surface area contributed by atoms with Crippen LogP contribution in [0, 0.1) is 0 Å². The fourth-order valence-corrected chi connectivity index (χ4v) is 4.31. The number of rotatable bonds is 6. The van der Waals surface area contributed by atoms with E-state index in [2.05, 4.69) is 46.5 Å². The summed E-state index contributed by atoms with van der Waals surface area (Å²) in [6.07, 6.45) is 0. The maximum absolute atomic E-state index is 12.6. The summed E-state index contributed by atoms with van der Waals surface area (Å²) in [6.45, 7) is 12.9. The van der Waals surface area contributed by atoms with Gasteiger partial charge in [0.2, 0.25) is 0 Å². The number of carbonyl (C=O) groups is 1. The molecule has 2 aromatic carbocycles. The van der Waals surface area contributed by atoms with Gasteiger partial charge in [0.15, 0.2) is 0 Å². The Balaban J connectivity index is 1.55. The van der Waals surface area contributed by atoms with Crippen molar-refractivity contribution in [2.75, 3.05) is 38.0 Å². The van der Waals surface area contributed by atoms with E-state index in [0.29, 0.717) is 16.6 Å². The number of piperazine rings is 1. The third-order valence-electron chi connectivity index (χ3n) is 5.92. The van der Waals surface area contributed by atoms with Gasteiger partial charge in [-0.3, -0.25) is 9.69 Å². The topological polar surface area (TPSA) is 53.4 Å². The van der Waals surface area contributed by atoms with E-state index in [-0.39, 0.29) is 5.91 Å². The summed E-state index contributed by atoms with van der Waals surface area (Å²) in [5.41, 5.74) is 3.32. The Labute approximate surface area is 188 Å². The summed E-state index contributed by atoms with van der Waals surface area (Å²) in [4.78, 5) is 22.5. The highest BCUT2D eigenvalue weighted by Crippen LogP contribution is 2.25. The number of halogens is 1. The highest BCUT2D eigenvalue weighted by atomic mass is 35.5. The molecule has 31 heavy (non-hydrogen) atoms. The molecule has 164 valence electrons. The van der Waals surface area contributed by atoms with Crippen molar-refractivity contribution in [3.05, 3.63) is 58.9 Å². The van der Waals surface area contributed by atoms with Crippen LogP contribution in [0.3, 0.4) is 0 Å². The molecule has 0 atom stereocenters. The molecule has 6 nitrogen and oxygen atoms in total. The minimum atomic E-state index is -0.159. The number of carbonyl (C=O) groups excluding carboxylic acids is 1. The number of benzene rings is 2. The fraction of sp³-hybridized carbons (Fsp3) is 0.417. The lowest BCUT2D eigenvalue weighted by atomic mass is 10.2. The molecule has 0 aliphatic carbocycles. The smallest absolute Gasteiger partial charge is 0.255 e. The molecule has 3 aromatic rings. The third kappa shape index (κ3) is 4.92. The normalized spacial score (nSPS) is 15.6. The van der Waals surface area contributed by atoms with Crippen molar-refractivity contribution in [3.8, 4) is 0 Å². The lowest BCUT2D eigenvalue weighted by Crippen LogP contribution is -2.45. The van der Waals surface area contributed by atoms with E-state index in [1.54, 1.807) is 24.3 Å². The molecule has 0 radical (unpaired) electrons. The van der Waals surface area contributed by atoms with Gasteiger partial charge in [0.05, 0.1) is 17.6 Å². The molecule has 0 bridgehead atoms. The van der Waals surface area contributed by atoms with Gasteiger partial charge in [0, 0.05) is 48.5 Å². The lowest BCUT2D eigenvalue weighted by Gasteiger charge is -2.34. The van der Waals surface area contributed by atoms with Crippen LogP contribution in [-0.4, -0.2) is 58.0 Å². The molecule has 1 aliphatic rings. The van der Waals surface area contributed by atoms with Gasteiger partial charge in [-0.1, -0.05) is 18.5 Å². The van der Waals surface area contributed by atoms with Crippen LogP contribution in [0.2, 0.25) is 5.02 Å². The first-order valence-corrected chi connectivity index (χ1v) is 11.3. The molecule has 1 fully saturated rings. The van der Waals surface area contributed by atoms with Crippen LogP contribution in [0.15, 0.2) is 42.5 Å². The standard InChI is InChI=1S/C24H30ClN5O/c1-4-28-11-13-29(14-12-28)16-23-27-21-15-20(9-10-22(21)30(23)17(2)3)26-24(31)18-5-7-19(25)8-6-18/h5-10,15,17H,4,11-14,16H2,1-3H3,(H,26,31). The third-order valence-corrected chi connectivity index (χ3v) is 6.17. The average molecular weight is 440 g/mol. The predicted molar refractivity (Wildman–Crippen MR) is 127 cm³/mol. The predicted octanol–water partition coefficient (Wildman–Crippen LogP) is 4.66. The van der Waals surface area contributed by atoms with Crippen LogP contribution >= 0.6 is 11.6 Å². The van der Waals surface area contributed by atoms with Crippen molar-refractivity contribution >= 4 is 34.2 Å². The summed E-state index contributed by atoms with van der Waals surface area (Å²) in [7, 11) is 0. The Bertz CT molecular complexity index is 1050. The molecule has 4 rings (SSSR count). The van der Waals surface area contributed by atoms with Gasteiger partial charge >= 0.3 is 0 Å². The van der Waals surface area contributed by atoms with E-state index < -0.39 is 0 Å². The summed E-state index contributed by atoms with van der Waals surface area (Å²) < 4.78 is 2.31. The van der Waals surface area contributed by atoms with E-state index in [9.17, 15) is 4.79 Å². The molecule has 2 heterocycles. The summed E-state index contributed by atoms with van der Waals surface area (Å²) in [5, 5.41) is 3.59. The second-order valence-electron chi connectivity index (χ2n) is 8.37. The molecular weight excluding hydrogens is 410 g/mol. The van der Waals surface area contributed by atoms with Crippen molar-refractivity contribution in [3.63, 3.8) is 0 Å². The van der Waals surface area contributed by atoms with E-state index in [0.717, 1.165) is 61.8 Å². The first kappa shape index (κ1) is 21.8. The van der Waals surface area contributed by atoms with Crippen LogP contribution in [0.25, 0.3) is 11.0 Å². The molecule has 7 heteroatoms. The highest BCUT2D eigenvalue weighted by molar-refractivity contribution is 6.30. The zero-order chi connectivity index (χ0) is 22.0. The van der Waals surface area contributed by atoms with Crippen LogP contribution in [0.1, 0.15) is 43.0 Å². The van der Waals surface area contributed by atoms with Gasteiger partial charge in [-0.05, 0) is 62.9 Å². The number of hydrogen-bond donors (Lipinski definition) is 1. The maximum atomic E-state index is 12.6. The number of amides is 1. The molecule has 1 amide bonds. The molecule has 0 spiro atoms. The van der Waals surface area contributed by atoms with E-state index in [1.807, 2.05) is 12.1 Å². The first-order valence-electron chi connectivity index (χ1n) is 11.0. The van der Waals surface area contributed by atoms with Gasteiger partial charge in [-0.2, -0.15) is 0 Å². The average Bonchev–Trinajstić information content (AvgIpc) is 3.12. The van der Waals surface area contributed by atoms with Crippen molar-refractivity contribution < 1.29 is 4.79 Å². The fourth-order valence-electron chi connectivity index (χ4n) is 4.18. The number of fused-ring (bicyclic) bond motifs is 1. The second-order valence-corrected chi connectivity index (χ2v) is 8.80. The zero-order valence-electron chi connectivity index (χ0n) is 18.4. The SMILES string of the molecule is CCN1CCN(Cc2nc3cc(NC(=O)c4ccc(Cl)cc4)ccc3n2C(C)C)CC1. The lowest BCUT2D eigenvalue weighted by molar-refractivity contribution is 0.102. The Morgan fingerprint density at radius 1 is 1.06 bits per heavy atom. The molecular formula is C24H30ClN5O. The zero-order valence-corrected chi connectivity index (χ0v) is 19.2. The molecule has 0 saturated carbocycles. The number of imidazole rings is 1. The van der Waals surface area contributed by atoms with Crippen LogP contribution < -0.4 is 5.32 Å². The van der Waals surface area contributed by atoms with Crippen molar-refractivity contribution in [2.24, 2.45) is 0 Å². The number of aromatic nitrogens is 2. The van der Waals surface area contributed by atoms with Crippen LogP contribution in [0.4, 0.5) is 5.69 Å². The summed E-state index contributed by atoms with van der Waals surface area (Å²) in [5.74, 6) is 0.921. The number of likely N-dealkylation sites (N-methyl/N-ethyl adjacent to an activating group) is 1. The number of nitrogens with one attached hydrogen (secondary N) is 1. The highest BCUT2D eigenvalue weighted by Gasteiger charge is 2.20. The van der Waals surface area contributed by atoms with E-state index >= 15 is 0 Å². The largest absolute Gasteiger partial charge is 0.324 e. The van der Waals surface area contributed by atoms with Gasteiger partial charge in [-0.15, -0.1) is 0 Å². The monoisotopic (exact) mass is 439 g/mol. The summed E-state index contributed by atoms with van der Waals surface area (Å²) >= 11 is 5.92. The van der Waals surface area contributed by atoms with Gasteiger partial charge in [0.25, 0.3) is 5.91 Å². The molecule has 1 aliphatic heterocycles. The Hall–Kier alpha value is -2.41. The Morgan fingerprint density at radius 3 is 2.39 bits per heavy atom. The molecule has 1 N–H and O–H groups in total. The van der Waals surface area contributed by atoms with Crippen molar-refractivity contribution in [2.45, 2.75) is 33.4 Å². The summed E-state index contributed by atoms with van der Waals surface area (Å²) in [6, 6.07) is 13.2. The molecule has 1 aromatic heterocycles. The Kier molecular flexibility index (Phi) is 6.60. The van der Waals surface area contributed by atoms with Crippen LogP contribution in [-0.2, 0) is 6.54 Å². The van der Waals surface area contributed by atoms with Crippen molar-refractivity contribution in [1.29, 1.82) is 0 Å². The molecule has 1 saturated heterocycles. The van der Waals surface area contributed by atoms with Crippen molar-refractivity contribution in [1.82, 2.24) is 19.4 Å². The van der Waals surface area contributed by atoms with Gasteiger partial charge in [0.1, 0.15) is 5.82 Å². The minimum Gasteiger partial charge on any atom is -0.324 e. The quantitative estimate of drug-likeness (QED) is 0.606. The van der Waals surface area contributed by atoms with Gasteiger partial charge in [-0.25, -0.2) is 4.98 Å². The van der Waals surface area contributed by atoms with Crippen LogP contribution in [0.5, 0.6) is 0 Å². The second kappa shape index (κ2) is 9.39. The van der Waals surface area contributed by atoms with Gasteiger partial charge < -0.3 is 14.8 Å².